The molecule has 2 rings (SSSR count). The fourth-order valence-corrected chi connectivity index (χ4v) is 2.80. The zero-order valence-corrected chi connectivity index (χ0v) is 11.9. The van der Waals surface area contributed by atoms with E-state index in [4.69, 9.17) is 4.74 Å². The molecule has 1 aliphatic heterocycles. The van der Waals surface area contributed by atoms with Crippen LogP contribution in [0.25, 0.3) is 0 Å². The van der Waals surface area contributed by atoms with Gasteiger partial charge in [0.15, 0.2) is 0 Å². The Balaban J connectivity index is 1.79. The van der Waals surface area contributed by atoms with Gasteiger partial charge in [0.05, 0.1) is 0 Å². The van der Waals surface area contributed by atoms with Crippen molar-refractivity contribution in [3.05, 3.63) is 29.8 Å². The Morgan fingerprint density at radius 3 is 3.00 bits per heavy atom. The van der Waals surface area contributed by atoms with Crippen LogP contribution in [0.2, 0.25) is 0 Å². The predicted molar refractivity (Wildman–Crippen MR) is 75.1 cm³/mol. The summed E-state index contributed by atoms with van der Waals surface area (Å²) < 4.78 is 5.91. The van der Waals surface area contributed by atoms with Gasteiger partial charge in [0.1, 0.15) is 11.9 Å². The first-order chi connectivity index (χ1) is 8.33. The van der Waals surface area contributed by atoms with E-state index in [9.17, 15) is 0 Å². The maximum absolute atomic E-state index is 5.91. The third-order valence-corrected chi connectivity index (χ3v) is 3.76. The van der Waals surface area contributed by atoms with Crippen LogP contribution in [0.4, 0.5) is 0 Å². The third kappa shape index (κ3) is 3.46. The first kappa shape index (κ1) is 12.9. The second kappa shape index (κ2) is 6.41. The fraction of sp³-hybridized carbons (Fsp3) is 0.571. The van der Waals surface area contributed by atoms with Crippen molar-refractivity contribution in [3.8, 4) is 5.75 Å². The van der Waals surface area contributed by atoms with Crippen LogP contribution in [-0.2, 0) is 6.42 Å². The van der Waals surface area contributed by atoms with E-state index in [1.807, 2.05) is 6.07 Å². The minimum Gasteiger partial charge on any atom is -0.488 e. The zero-order chi connectivity index (χ0) is 12.1. The number of benzene rings is 1. The Labute approximate surface area is 112 Å². The number of ether oxygens (including phenoxy) is 1. The number of hydrogen-bond donors (Lipinski definition) is 1. The van der Waals surface area contributed by atoms with Crippen molar-refractivity contribution in [2.45, 2.75) is 38.3 Å². The van der Waals surface area contributed by atoms with Gasteiger partial charge in [-0.15, -0.1) is 0 Å². The quantitative estimate of drug-likeness (QED) is 0.815. The SMILES string of the molecule is CCC(CCBr)NCC1Cc2ccccc2O1. The topological polar surface area (TPSA) is 21.3 Å². The molecule has 1 aromatic carbocycles. The molecule has 2 atom stereocenters. The van der Waals surface area contributed by atoms with Crippen LogP contribution in [0, 0.1) is 0 Å². The molecular weight excluding hydrogens is 278 g/mol. The van der Waals surface area contributed by atoms with Crippen molar-refractivity contribution in [2.24, 2.45) is 0 Å². The second-order valence-electron chi connectivity index (χ2n) is 4.54. The number of rotatable bonds is 6. The minimum atomic E-state index is 0.303. The van der Waals surface area contributed by atoms with E-state index in [1.54, 1.807) is 0 Å². The summed E-state index contributed by atoms with van der Waals surface area (Å²) >= 11 is 3.50. The lowest BCUT2D eigenvalue weighted by Crippen LogP contribution is -2.37. The van der Waals surface area contributed by atoms with Crippen molar-refractivity contribution in [1.29, 1.82) is 0 Å². The molecular formula is C14H20BrNO. The van der Waals surface area contributed by atoms with Crippen LogP contribution in [-0.4, -0.2) is 24.0 Å². The number of hydrogen-bond acceptors (Lipinski definition) is 2. The normalized spacial score (nSPS) is 19.8. The van der Waals surface area contributed by atoms with Gasteiger partial charge in [0.25, 0.3) is 0 Å². The molecule has 0 saturated carbocycles. The number of nitrogens with one attached hydrogen (secondary N) is 1. The highest BCUT2D eigenvalue weighted by Gasteiger charge is 2.22. The molecule has 1 aliphatic rings. The van der Waals surface area contributed by atoms with Crippen molar-refractivity contribution in [2.75, 3.05) is 11.9 Å². The Hall–Kier alpha value is -0.540. The maximum Gasteiger partial charge on any atom is 0.123 e. The molecule has 2 unspecified atom stereocenters. The summed E-state index contributed by atoms with van der Waals surface area (Å²) in [6, 6.07) is 8.93. The molecule has 1 N–H and O–H groups in total. The smallest absolute Gasteiger partial charge is 0.123 e. The summed E-state index contributed by atoms with van der Waals surface area (Å²) in [4.78, 5) is 0. The van der Waals surface area contributed by atoms with Crippen LogP contribution in [0.1, 0.15) is 25.3 Å². The Morgan fingerprint density at radius 1 is 1.47 bits per heavy atom. The van der Waals surface area contributed by atoms with Crippen molar-refractivity contribution < 1.29 is 4.74 Å². The van der Waals surface area contributed by atoms with Crippen LogP contribution in [0.5, 0.6) is 5.75 Å². The summed E-state index contributed by atoms with van der Waals surface area (Å²) in [7, 11) is 0. The molecule has 0 spiro atoms. The lowest BCUT2D eigenvalue weighted by Gasteiger charge is -2.18. The van der Waals surface area contributed by atoms with Crippen LogP contribution in [0.3, 0.4) is 0 Å². The Morgan fingerprint density at radius 2 is 2.29 bits per heavy atom. The molecule has 0 fully saturated rings. The highest BCUT2D eigenvalue weighted by atomic mass is 79.9. The Bertz CT molecular complexity index is 331. The fourth-order valence-electron chi connectivity index (χ4n) is 2.25. The van der Waals surface area contributed by atoms with E-state index >= 15 is 0 Å². The van der Waals surface area contributed by atoms with Crippen molar-refractivity contribution >= 4 is 15.9 Å². The summed E-state index contributed by atoms with van der Waals surface area (Å²) in [5.41, 5.74) is 1.34. The van der Waals surface area contributed by atoms with Gasteiger partial charge in [0.2, 0.25) is 0 Å². The molecule has 0 amide bonds. The largest absolute Gasteiger partial charge is 0.488 e. The summed E-state index contributed by atoms with van der Waals surface area (Å²) in [6.07, 6.45) is 3.69. The molecule has 0 saturated heterocycles. The van der Waals surface area contributed by atoms with E-state index in [1.165, 1.54) is 18.4 Å². The van der Waals surface area contributed by atoms with Gasteiger partial charge in [-0.25, -0.2) is 0 Å². The van der Waals surface area contributed by atoms with Gasteiger partial charge < -0.3 is 10.1 Å². The number of fused-ring (bicyclic) bond motifs is 1. The molecule has 0 bridgehead atoms. The van der Waals surface area contributed by atoms with E-state index in [2.05, 4.69) is 46.4 Å². The number of halogens is 1. The van der Waals surface area contributed by atoms with E-state index < -0.39 is 0 Å². The summed E-state index contributed by atoms with van der Waals surface area (Å²) in [5, 5.41) is 4.65. The van der Waals surface area contributed by atoms with E-state index in [0.29, 0.717) is 12.1 Å². The van der Waals surface area contributed by atoms with E-state index in [0.717, 1.165) is 24.0 Å². The molecule has 0 radical (unpaired) electrons. The molecule has 3 heteroatoms. The molecule has 1 heterocycles. The van der Waals surface area contributed by atoms with Crippen molar-refractivity contribution in [1.82, 2.24) is 5.32 Å². The van der Waals surface area contributed by atoms with Gasteiger partial charge in [0, 0.05) is 24.3 Å². The molecule has 2 nitrogen and oxygen atoms in total. The minimum absolute atomic E-state index is 0.303. The summed E-state index contributed by atoms with van der Waals surface area (Å²) in [5.74, 6) is 1.06. The lowest BCUT2D eigenvalue weighted by molar-refractivity contribution is 0.220. The molecule has 94 valence electrons. The second-order valence-corrected chi connectivity index (χ2v) is 5.34. The van der Waals surface area contributed by atoms with Gasteiger partial charge in [-0.3, -0.25) is 0 Å². The van der Waals surface area contributed by atoms with E-state index in [-0.39, 0.29) is 0 Å². The van der Waals surface area contributed by atoms with Crippen LogP contribution >= 0.6 is 15.9 Å². The highest BCUT2D eigenvalue weighted by molar-refractivity contribution is 9.09. The molecule has 17 heavy (non-hydrogen) atoms. The first-order valence-corrected chi connectivity index (χ1v) is 7.49. The number of alkyl halides is 1. The molecule has 0 aliphatic carbocycles. The average molecular weight is 298 g/mol. The average Bonchev–Trinajstić information content (AvgIpc) is 2.77. The van der Waals surface area contributed by atoms with Gasteiger partial charge in [-0.2, -0.15) is 0 Å². The van der Waals surface area contributed by atoms with Gasteiger partial charge in [-0.1, -0.05) is 41.1 Å². The summed E-state index contributed by atoms with van der Waals surface area (Å²) in [6.45, 7) is 3.17. The lowest BCUT2D eigenvalue weighted by atomic mass is 10.1. The predicted octanol–water partition coefficient (Wildman–Crippen LogP) is 3.14. The van der Waals surface area contributed by atoms with Gasteiger partial charge >= 0.3 is 0 Å². The Kier molecular flexibility index (Phi) is 4.86. The van der Waals surface area contributed by atoms with Crippen LogP contribution < -0.4 is 10.1 Å². The van der Waals surface area contributed by atoms with Crippen molar-refractivity contribution in [3.63, 3.8) is 0 Å². The third-order valence-electron chi connectivity index (χ3n) is 3.30. The highest BCUT2D eigenvalue weighted by Crippen LogP contribution is 2.27. The van der Waals surface area contributed by atoms with Gasteiger partial charge in [-0.05, 0) is 24.5 Å². The molecule has 1 aromatic rings. The number of para-hydroxylation sites is 1. The van der Waals surface area contributed by atoms with Crippen LogP contribution in [0.15, 0.2) is 24.3 Å². The molecule has 0 aromatic heterocycles. The first-order valence-electron chi connectivity index (χ1n) is 6.37. The zero-order valence-electron chi connectivity index (χ0n) is 10.3. The monoisotopic (exact) mass is 297 g/mol. The standard InChI is InChI=1S/C14H20BrNO/c1-2-12(7-8-15)16-10-13-9-11-5-3-4-6-14(11)17-13/h3-6,12-13,16H,2,7-10H2,1H3. The maximum atomic E-state index is 5.91.